The second-order valence-corrected chi connectivity index (χ2v) is 7.95. The third kappa shape index (κ3) is 4.76. The molecular weight excluding hydrogens is 316 g/mol. The fourth-order valence-electron chi connectivity index (χ4n) is 2.80. The molecule has 0 spiro atoms. The molecule has 0 amide bonds. The highest BCUT2D eigenvalue weighted by atomic mass is 32.2. The second kappa shape index (κ2) is 7.42. The standard InChI is InChI=1S/C16H24N2O4S/c1-12-5-7-15(8-6-12)23(21,22)17-10-14-4-3-9-18(11-14)13(2)16(19)20/h5-8,13-14,17H,3-4,9-11H2,1-2H3,(H,19,20). The highest BCUT2D eigenvalue weighted by molar-refractivity contribution is 7.89. The number of benzene rings is 1. The van der Waals surface area contributed by atoms with Gasteiger partial charge in [-0.05, 0) is 51.3 Å². The number of nitrogens with zero attached hydrogens (tertiary/aromatic N) is 1. The van der Waals surface area contributed by atoms with Crippen molar-refractivity contribution in [2.24, 2.45) is 5.92 Å². The lowest BCUT2D eigenvalue weighted by molar-refractivity contribution is -0.143. The van der Waals surface area contributed by atoms with Crippen LogP contribution >= 0.6 is 0 Å². The van der Waals surface area contributed by atoms with Gasteiger partial charge in [0.05, 0.1) is 4.90 Å². The van der Waals surface area contributed by atoms with Crippen LogP contribution in [0, 0.1) is 12.8 Å². The summed E-state index contributed by atoms with van der Waals surface area (Å²) in [6.07, 6.45) is 1.79. The number of likely N-dealkylation sites (tertiary alicyclic amines) is 1. The van der Waals surface area contributed by atoms with Gasteiger partial charge < -0.3 is 5.11 Å². The van der Waals surface area contributed by atoms with Gasteiger partial charge in [0.2, 0.25) is 10.0 Å². The number of carboxylic acids is 1. The summed E-state index contributed by atoms with van der Waals surface area (Å²) in [7, 11) is -3.52. The zero-order valence-corrected chi connectivity index (χ0v) is 14.3. The molecule has 1 fully saturated rings. The molecule has 1 aromatic rings. The number of hydrogen-bond acceptors (Lipinski definition) is 4. The molecule has 2 N–H and O–H groups in total. The summed E-state index contributed by atoms with van der Waals surface area (Å²) in [6.45, 7) is 5.25. The summed E-state index contributed by atoms with van der Waals surface area (Å²) in [6, 6.07) is 6.19. The zero-order chi connectivity index (χ0) is 17.0. The molecule has 2 rings (SSSR count). The largest absolute Gasteiger partial charge is 0.480 e. The number of nitrogens with one attached hydrogen (secondary N) is 1. The molecule has 1 aromatic carbocycles. The van der Waals surface area contributed by atoms with Gasteiger partial charge >= 0.3 is 5.97 Å². The number of aryl methyl sites for hydroxylation is 1. The topological polar surface area (TPSA) is 86.7 Å². The van der Waals surface area contributed by atoms with Crippen LogP contribution in [-0.4, -0.2) is 50.1 Å². The van der Waals surface area contributed by atoms with Crippen LogP contribution in [0.2, 0.25) is 0 Å². The van der Waals surface area contributed by atoms with Crippen molar-refractivity contribution in [3.05, 3.63) is 29.8 Å². The van der Waals surface area contributed by atoms with E-state index in [1.807, 2.05) is 11.8 Å². The zero-order valence-electron chi connectivity index (χ0n) is 13.5. The maximum atomic E-state index is 12.3. The Morgan fingerprint density at radius 1 is 1.39 bits per heavy atom. The van der Waals surface area contributed by atoms with Crippen molar-refractivity contribution < 1.29 is 18.3 Å². The molecule has 7 heteroatoms. The molecule has 1 saturated heterocycles. The van der Waals surface area contributed by atoms with Crippen molar-refractivity contribution in [3.8, 4) is 0 Å². The van der Waals surface area contributed by atoms with E-state index in [2.05, 4.69) is 4.72 Å². The van der Waals surface area contributed by atoms with E-state index in [0.717, 1.165) is 24.9 Å². The molecule has 0 aliphatic carbocycles. The van der Waals surface area contributed by atoms with Crippen LogP contribution in [0.1, 0.15) is 25.3 Å². The van der Waals surface area contributed by atoms with Crippen molar-refractivity contribution in [3.63, 3.8) is 0 Å². The summed E-state index contributed by atoms with van der Waals surface area (Å²) >= 11 is 0. The molecule has 0 radical (unpaired) electrons. The van der Waals surface area contributed by atoms with Crippen LogP contribution in [0.5, 0.6) is 0 Å². The Hall–Kier alpha value is -1.44. The molecule has 1 aliphatic heterocycles. The smallest absolute Gasteiger partial charge is 0.320 e. The van der Waals surface area contributed by atoms with Crippen LogP contribution in [0.15, 0.2) is 29.2 Å². The molecular formula is C16H24N2O4S. The molecule has 6 nitrogen and oxygen atoms in total. The van der Waals surface area contributed by atoms with Gasteiger partial charge in [0.1, 0.15) is 6.04 Å². The Morgan fingerprint density at radius 3 is 2.65 bits per heavy atom. The van der Waals surface area contributed by atoms with Crippen molar-refractivity contribution in [2.75, 3.05) is 19.6 Å². The van der Waals surface area contributed by atoms with Gasteiger partial charge in [0, 0.05) is 13.1 Å². The Bertz CT molecular complexity index is 643. The van der Waals surface area contributed by atoms with Crippen LogP contribution in [-0.2, 0) is 14.8 Å². The van der Waals surface area contributed by atoms with Gasteiger partial charge in [0.15, 0.2) is 0 Å². The lowest BCUT2D eigenvalue weighted by atomic mass is 9.97. The maximum Gasteiger partial charge on any atom is 0.320 e. The summed E-state index contributed by atoms with van der Waals surface area (Å²) in [5, 5.41) is 9.10. The minimum atomic E-state index is -3.52. The molecule has 23 heavy (non-hydrogen) atoms. The summed E-state index contributed by atoms with van der Waals surface area (Å²) < 4.78 is 27.2. The van der Waals surface area contributed by atoms with Gasteiger partial charge in [-0.2, -0.15) is 0 Å². The van der Waals surface area contributed by atoms with Crippen molar-refractivity contribution in [2.45, 2.75) is 37.6 Å². The maximum absolute atomic E-state index is 12.3. The molecule has 2 unspecified atom stereocenters. The number of sulfonamides is 1. The number of hydrogen-bond donors (Lipinski definition) is 2. The first kappa shape index (κ1) is 17.9. The molecule has 0 aromatic heterocycles. The fourth-order valence-corrected chi connectivity index (χ4v) is 3.92. The summed E-state index contributed by atoms with van der Waals surface area (Å²) in [5.74, 6) is -0.711. The average Bonchev–Trinajstić information content (AvgIpc) is 2.53. The van der Waals surface area contributed by atoms with Gasteiger partial charge in [-0.15, -0.1) is 0 Å². The molecule has 0 bridgehead atoms. The summed E-state index contributed by atoms with van der Waals surface area (Å²) in [5.41, 5.74) is 1.01. The van der Waals surface area contributed by atoms with E-state index in [9.17, 15) is 13.2 Å². The quantitative estimate of drug-likeness (QED) is 0.819. The Morgan fingerprint density at radius 2 is 2.04 bits per heavy atom. The van der Waals surface area contributed by atoms with Gasteiger partial charge in [0.25, 0.3) is 0 Å². The highest BCUT2D eigenvalue weighted by Crippen LogP contribution is 2.19. The van der Waals surface area contributed by atoms with E-state index in [1.165, 1.54) is 0 Å². The van der Waals surface area contributed by atoms with Gasteiger partial charge in [-0.3, -0.25) is 9.69 Å². The fraction of sp³-hybridized carbons (Fsp3) is 0.562. The van der Waals surface area contributed by atoms with Crippen molar-refractivity contribution >= 4 is 16.0 Å². The highest BCUT2D eigenvalue weighted by Gasteiger charge is 2.28. The third-order valence-electron chi connectivity index (χ3n) is 4.35. The van der Waals surface area contributed by atoms with Crippen LogP contribution < -0.4 is 4.72 Å². The van der Waals surface area contributed by atoms with E-state index >= 15 is 0 Å². The Labute approximate surface area is 137 Å². The average molecular weight is 340 g/mol. The van der Waals surface area contributed by atoms with Crippen LogP contribution in [0.3, 0.4) is 0 Å². The van der Waals surface area contributed by atoms with E-state index < -0.39 is 22.0 Å². The van der Waals surface area contributed by atoms with Crippen LogP contribution in [0.25, 0.3) is 0 Å². The first-order valence-electron chi connectivity index (χ1n) is 7.83. The summed E-state index contributed by atoms with van der Waals surface area (Å²) in [4.78, 5) is 13.2. The predicted octanol–water partition coefficient (Wildman–Crippen LogP) is 1.46. The predicted molar refractivity (Wildman–Crippen MR) is 87.8 cm³/mol. The lowest BCUT2D eigenvalue weighted by Crippen LogP contribution is -2.47. The monoisotopic (exact) mass is 340 g/mol. The number of piperidine rings is 1. The number of carboxylic acid groups (broad SMARTS) is 1. The number of rotatable bonds is 6. The number of carbonyl (C=O) groups is 1. The lowest BCUT2D eigenvalue weighted by Gasteiger charge is -2.35. The van der Waals surface area contributed by atoms with Crippen molar-refractivity contribution in [1.29, 1.82) is 0 Å². The minimum absolute atomic E-state index is 0.130. The Kier molecular flexibility index (Phi) is 5.78. The third-order valence-corrected chi connectivity index (χ3v) is 5.79. The van der Waals surface area contributed by atoms with E-state index in [-0.39, 0.29) is 10.8 Å². The molecule has 128 valence electrons. The van der Waals surface area contributed by atoms with Crippen LogP contribution in [0.4, 0.5) is 0 Å². The van der Waals surface area contributed by atoms with Gasteiger partial charge in [-0.1, -0.05) is 17.7 Å². The molecule has 1 heterocycles. The first-order valence-corrected chi connectivity index (χ1v) is 9.31. The Balaban J connectivity index is 1.94. The first-order chi connectivity index (χ1) is 10.8. The molecule has 1 aliphatic rings. The van der Waals surface area contributed by atoms with E-state index in [1.54, 1.807) is 31.2 Å². The van der Waals surface area contributed by atoms with Gasteiger partial charge in [-0.25, -0.2) is 13.1 Å². The SMILES string of the molecule is Cc1ccc(S(=O)(=O)NCC2CCCN(C(C)C(=O)O)C2)cc1. The van der Waals surface area contributed by atoms with E-state index in [4.69, 9.17) is 5.11 Å². The van der Waals surface area contributed by atoms with Crippen molar-refractivity contribution in [1.82, 2.24) is 9.62 Å². The molecule has 0 saturated carbocycles. The minimum Gasteiger partial charge on any atom is -0.480 e. The second-order valence-electron chi connectivity index (χ2n) is 6.18. The normalized spacial score (nSPS) is 21.0. The number of aliphatic carboxylic acids is 1. The molecule has 2 atom stereocenters. The van der Waals surface area contributed by atoms with E-state index in [0.29, 0.717) is 13.1 Å².